The van der Waals surface area contributed by atoms with E-state index in [4.69, 9.17) is 4.42 Å². The molecule has 6 nitrogen and oxygen atoms in total. The van der Waals surface area contributed by atoms with E-state index in [9.17, 15) is 9.59 Å². The van der Waals surface area contributed by atoms with E-state index in [2.05, 4.69) is 16.0 Å². The molecule has 28 heavy (non-hydrogen) atoms. The van der Waals surface area contributed by atoms with Crippen LogP contribution >= 0.6 is 0 Å². The number of carbonyl (C=O) groups excluding carboxylic acids is 2. The summed E-state index contributed by atoms with van der Waals surface area (Å²) < 4.78 is 5.19. The summed E-state index contributed by atoms with van der Waals surface area (Å²) >= 11 is 0. The Morgan fingerprint density at radius 1 is 0.964 bits per heavy atom. The average molecular weight is 377 g/mol. The first-order valence-corrected chi connectivity index (χ1v) is 9.10. The fourth-order valence-corrected chi connectivity index (χ4v) is 2.72. The van der Waals surface area contributed by atoms with Gasteiger partial charge in [-0.25, -0.2) is 0 Å². The molecule has 0 aliphatic rings. The lowest BCUT2D eigenvalue weighted by Gasteiger charge is -2.15. The van der Waals surface area contributed by atoms with Crippen LogP contribution in [0.15, 0.2) is 77.4 Å². The molecular weight excluding hydrogens is 354 g/mol. The van der Waals surface area contributed by atoms with Gasteiger partial charge in [-0.2, -0.15) is 0 Å². The minimum Gasteiger partial charge on any atom is -0.467 e. The molecule has 0 bridgehead atoms. The Hall–Kier alpha value is -3.54. The van der Waals surface area contributed by atoms with Gasteiger partial charge < -0.3 is 20.4 Å². The molecule has 0 aliphatic heterocycles. The summed E-state index contributed by atoms with van der Waals surface area (Å²) in [6.07, 6.45) is 1.57. The minimum absolute atomic E-state index is 0.0595. The molecule has 1 unspecified atom stereocenters. The van der Waals surface area contributed by atoms with Crippen LogP contribution in [0.1, 0.15) is 34.6 Å². The fourth-order valence-electron chi connectivity index (χ4n) is 2.72. The van der Waals surface area contributed by atoms with Crippen molar-refractivity contribution in [3.63, 3.8) is 0 Å². The number of carbonyl (C=O) groups is 2. The molecule has 2 aromatic carbocycles. The van der Waals surface area contributed by atoms with Crippen molar-refractivity contribution in [2.24, 2.45) is 0 Å². The van der Waals surface area contributed by atoms with Crippen molar-refractivity contribution in [2.45, 2.75) is 19.5 Å². The van der Waals surface area contributed by atoms with Crippen LogP contribution in [-0.2, 0) is 11.3 Å². The van der Waals surface area contributed by atoms with Gasteiger partial charge in [0, 0.05) is 11.3 Å². The van der Waals surface area contributed by atoms with Gasteiger partial charge in [0.1, 0.15) is 5.76 Å². The largest absolute Gasteiger partial charge is 0.467 e. The number of amides is 2. The van der Waals surface area contributed by atoms with Gasteiger partial charge >= 0.3 is 0 Å². The summed E-state index contributed by atoms with van der Waals surface area (Å²) in [5.74, 6) is 0.413. The SMILES string of the molecule is CC(NC(=O)CNc1ccc(C(=O)NCc2ccco2)cc1)c1ccccc1. The highest BCUT2D eigenvalue weighted by Crippen LogP contribution is 2.12. The van der Waals surface area contributed by atoms with E-state index in [1.54, 1.807) is 42.7 Å². The van der Waals surface area contributed by atoms with Crippen molar-refractivity contribution in [2.75, 3.05) is 11.9 Å². The highest BCUT2D eigenvalue weighted by Gasteiger charge is 2.10. The third-order valence-corrected chi connectivity index (χ3v) is 4.28. The number of nitrogens with one attached hydrogen (secondary N) is 3. The van der Waals surface area contributed by atoms with E-state index in [-0.39, 0.29) is 24.4 Å². The normalized spacial score (nSPS) is 11.5. The summed E-state index contributed by atoms with van der Waals surface area (Å²) in [5, 5.41) is 8.81. The van der Waals surface area contributed by atoms with Gasteiger partial charge in [-0.3, -0.25) is 9.59 Å². The second-order valence-electron chi connectivity index (χ2n) is 6.39. The van der Waals surface area contributed by atoms with Crippen molar-refractivity contribution in [3.05, 3.63) is 89.9 Å². The standard InChI is InChI=1S/C22H23N3O3/c1-16(17-6-3-2-4-7-17)25-21(26)15-23-19-11-9-18(10-12-19)22(27)24-14-20-8-5-13-28-20/h2-13,16,23H,14-15H2,1H3,(H,24,27)(H,25,26). The van der Waals surface area contributed by atoms with Crippen LogP contribution in [0.2, 0.25) is 0 Å². The molecular formula is C22H23N3O3. The molecule has 1 heterocycles. The van der Waals surface area contributed by atoms with E-state index in [1.807, 2.05) is 37.3 Å². The van der Waals surface area contributed by atoms with Crippen molar-refractivity contribution < 1.29 is 14.0 Å². The lowest BCUT2D eigenvalue weighted by molar-refractivity contribution is -0.120. The Balaban J connectivity index is 1.44. The zero-order chi connectivity index (χ0) is 19.8. The maximum absolute atomic E-state index is 12.1. The smallest absolute Gasteiger partial charge is 0.251 e. The first-order chi connectivity index (χ1) is 13.6. The molecule has 3 aromatic rings. The van der Waals surface area contributed by atoms with Crippen LogP contribution in [0, 0.1) is 0 Å². The minimum atomic E-state index is -0.183. The first kappa shape index (κ1) is 19.2. The van der Waals surface area contributed by atoms with E-state index in [1.165, 1.54) is 0 Å². The molecule has 0 fully saturated rings. The molecule has 1 atom stereocenters. The van der Waals surface area contributed by atoms with Gasteiger partial charge in [0.05, 0.1) is 25.4 Å². The second-order valence-corrected chi connectivity index (χ2v) is 6.39. The molecule has 0 spiro atoms. The zero-order valence-electron chi connectivity index (χ0n) is 15.6. The predicted octanol–water partition coefficient (Wildman–Crippen LogP) is 3.50. The number of benzene rings is 2. The molecule has 6 heteroatoms. The number of furan rings is 1. The van der Waals surface area contributed by atoms with Gasteiger partial charge in [0.2, 0.25) is 5.91 Å². The van der Waals surface area contributed by atoms with Crippen LogP contribution in [0.3, 0.4) is 0 Å². The second kappa shape index (κ2) is 9.41. The predicted molar refractivity (Wildman–Crippen MR) is 108 cm³/mol. The van der Waals surface area contributed by atoms with Gasteiger partial charge in [-0.1, -0.05) is 30.3 Å². The zero-order valence-corrected chi connectivity index (χ0v) is 15.6. The molecule has 2 amide bonds. The number of hydrogen-bond donors (Lipinski definition) is 3. The van der Waals surface area contributed by atoms with Gasteiger partial charge in [-0.05, 0) is 48.9 Å². The van der Waals surface area contributed by atoms with Crippen LogP contribution in [-0.4, -0.2) is 18.4 Å². The van der Waals surface area contributed by atoms with Crippen molar-refractivity contribution in [1.82, 2.24) is 10.6 Å². The molecule has 3 N–H and O–H groups in total. The van der Waals surface area contributed by atoms with E-state index >= 15 is 0 Å². The average Bonchev–Trinajstić information content (AvgIpc) is 3.25. The van der Waals surface area contributed by atoms with Crippen LogP contribution in [0.4, 0.5) is 5.69 Å². The van der Waals surface area contributed by atoms with Crippen LogP contribution < -0.4 is 16.0 Å². The van der Waals surface area contributed by atoms with Gasteiger partial charge in [-0.15, -0.1) is 0 Å². The summed E-state index contributed by atoms with van der Waals surface area (Å²) in [6, 6.07) is 20.3. The molecule has 3 rings (SSSR count). The van der Waals surface area contributed by atoms with Crippen LogP contribution in [0.5, 0.6) is 0 Å². The lowest BCUT2D eigenvalue weighted by atomic mass is 10.1. The molecule has 144 valence electrons. The van der Waals surface area contributed by atoms with E-state index < -0.39 is 0 Å². The maximum atomic E-state index is 12.1. The number of hydrogen-bond acceptors (Lipinski definition) is 4. The van der Waals surface area contributed by atoms with Crippen molar-refractivity contribution in [3.8, 4) is 0 Å². The third kappa shape index (κ3) is 5.48. The topological polar surface area (TPSA) is 83.4 Å². The van der Waals surface area contributed by atoms with Crippen molar-refractivity contribution in [1.29, 1.82) is 0 Å². The first-order valence-electron chi connectivity index (χ1n) is 9.10. The summed E-state index contributed by atoms with van der Waals surface area (Å²) in [5.41, 5.74) is 2.37. The quantitative estimate of drug-likeness (QED) is 0.561. The summed E-state index contributed by atoms with van der Waals surface area (Å²) in [6.45, 7) is 2.44. The molecule has 0 saturated carbocycles. The summed E-state index contributed by atoms with van der Waals surface area (Å²) in [4.78, 5) is 24.3. The van der Waals surface area contributed by atoms with Gasteiger partial charge in [0.15, 0.2) is 0 Å². The number of anilines is 1. The van der Waals surface area contributed by atoms with Gasteiger partial charge in [0.25, 0.3) is 5.91 Å². The van der Waals surface area contributed by atoms with E-state index in [0.29, 0.717) is 17.9 Å². The molecule has 1 aromatic heterocycles. The maximum Gasteiger partial charge on any atom is 0.251 e. The molecule has 0 saturated heterocycles. The summed E-state index contributed by atoms with van der Waals surface area (Å²) in [7, 11) is 0. The Morgan fingerprint density at radius 2 is 1.71 bits per heavy atom. The van der Waals surface area contributed by atoms with Crippen molar-refractivity contribution >= 4 is 17.5 Å². The Bertz CT molecular complexity index is 891. The van der Waals surface area contributed by atoms with Crippen LogP contribution in [0.25, 0.3) is 0 Å². The Morgan fingerprint density at radius 3 is 2.39 bits per heavy atom. The number of rotatable bonds is 8. The van der Waals surface area contributed by atoms with E-state index in [0.717, 1.165) is 11.3 Å². The Labute approximate surface area is 164 Å². The fraction of sp³-hybridized carbons (Fsp3) is 0.182. The Kier molecular flexibility index (Phi) is 6.46. The highest BCUT2D eigenvalue weighted by atomic mass is 16.3. The molecule has 0 radical (unpaired) electrons. The molecule has 0 aliphatic carbocycles. The highest BCUT2D eigenvalue weighted by molar-refractivity contribution is 5.94. The third-order valence-electron chi connectivity index (χ3n) is 4.28. The monoisotopic (exact) mass is 377 g/mol. The lowest BCUT2D eigenvalue weighted by Crippen LogP contribution is -2.32.